The zero-order valence-corrected chi connectivity index (χ0v) is 30.8. The van der Waals surface area contributed by atoms with Crippen molar-refractivity contribution in [2.75, 3.05) is 17.2 Å². The quantitative estimate of drug-likeness (QED) is 0.111. The van der Waals surface area contributed by atoms with E-state index in [1.165, 1.54) is 47.4 Å². The summed E-state index contributed by atoms with van der Waals surface area (Å²) in [6, 6.07) is 23.4. The van der Waals surface area contributed by atoms with Gasteiger partial charge in [-0.2, -0.15) is 5.26 Å². The highest BCUT2D eigenvalue weighted by molar-refractivity contribution is 8.00. The molecule has 3 aromatic carbocycles. The minimum atomic E-state index is -0.671. The fourth-order valence-corrected chi connectivity index (χ4v) is 7.54. The number of hydrogen-bond acceptors (Lipinski definition) is 8. The van der Waals surface area contributed by atoms with Crippen molar-refractivity contribution >= 4 is 63.7 Å². The summed E-state index contributed by atoms with van der Waals surface area (Å²) < 4.78 is 20.1. The first-order valence-electron chi connectivity index (χ1n) is 16.6. The molecule has 4 aromatic rings. The van der Waals surface area contributed by atoms with Crippen molar-refractivity contribution in [2.24, 2.45) is 0 Å². The molecule has 1 aliphatic heterocycles. The van der Waals surface area contributed by atoms with Gasteiger partial charge in [0.15, 0.2) is 0 Å². The number of nitrogens with zero attached hydrogens (tertiary/aromatic N) is 2. The number of thiophene rings is 1. The molecule has 1 unspecified atom stereocenters. The molecule has 0 radical (unpaired) electrons. The second-order valence-electron chi connectivity index (χ2n) is 12.9. The molecule has 0 saturated carbocycles. The molecule has 0 spiro atoms. The van der Waals surface area contributed by atoms with Gasteiger partial charge in [0.25, 0.3) is 11.8 Å². The highest BCUT2D eigenvalue weighted by Gasteiger charge is 2.31. The number of halogens is 1. The minimum Gasteiger partial charge on any atom is -0.444 e. The molecular weight excluding hydrogens is 702 g/mol. The Morgan fingerprint density at radius 2 is 1.77 bits per heavy atom. The highest BCUT2D eigenvalue weighted by Crippen LogP contribution is 2.38. The van der Waals surface area contributed by atoms with Crippen LogP contribution in [0.4, 0.5) is 19.9 Å². The molecule has 3 N–H and O–H groups in total. The number of nitriles is 1. The maximum absolute atomic E-state index is 14.5. The van der Waals surface area contributed by atoms with Crippen molar-refractivity contribution in [2.45, 2.75) is 62.8 Å². The van der Waals surface area contributed by atoms with Crippen LogP contribution in [-0.4, -0.2) is 46.1 Å². The average molecular weight is 740 g/mol. The topological polar surface area (TPSA) is 141 Å². The van der Waals surface area contributed by atoms with Crippen LogP contribution in [-0.2, 0) is 27.3 Å². The largest absolute Gasteiger partial charge is 0.444 e. The number of anilines is 2. The van der Waals surface area contributed by atoms with Crippen molar-refractivity contribution < 1.29 is 28.3 Å². The molecular formula is C39H38FN5O5S2. The van der Waals surface area contributed by atoms with Crippen LogP contribution >= 0.6 is 23.1 Å². The third-order valence-corrected chi connectivity index (χ3v) is 10.3. The number of thioether (sulfide) groups is 1. The molecule has 0 aliphatic carbocycles. The van der Waals surface area contributed by atoms with Crippen LogP contribution in [0.15, 0.2) is 89.5 Å². The maximum atomic E-state index is 14.5. The molecule has 0 bridgehead atoms. The molecule has 4 amide bonds. The number of amides is 4. The first-order valence-corrected chi connectivity index (χ1v) is 18.3. The van der Waals surface area contributed by atoms with Crippen molar-refractivity contribution in [3.8, 4) is 6.07 Å². The fourth-order valence-electron chi connectivity index (χ4n) is 5.31. The summed E-state index contributed by atoms with van der Waals surface area (Å²) in [5.74, 6) is -2.06. The van der Waals surface area contributed by atoms with Crippen LogP contribution in [0.3, 0.4) is 0 Å². The van der Waals surface area contributed by atoms with Crippen molar-refractivity contribution in [1.29, 1.82) is 5.26 Å². The summed E-state index contributed by atoms with van der Waals surface area (Å²) in [5.41, 5.74) is 1.27. The smallest absolute Gasteiger partial charge is 0.410 e. The number of carbonyl (C=O) groups is 4. The van der Waals surface area contributed by atoms with Gasteiger partial charge >= 0.3 is 6.09 Å². The Hall–Kier alpha value is -5.45. The zero-order valence-electron chi connectivity index (χ0n) is 29.1. The van der Waals surface area contributed by atoms with Gasteiger partial charge in [-0.15, -0.1) is 23.1 Å². The van der Waals surface area contributed by atoms with Gasteiger partial charge in [0.05, 0.1) is 17.4 Å². The third-order valence-electron chi connectivity index (χ3n) is 7.82. The molecule has 0 saturated heterocycles. The van der Waals surface area contributed by atoms with Crippen LogP contribution in [0.5, 0.6) is 0 Å². The first-order chi connectivity index (χ1) is 24.8. The Labute approximate surface area is 310 Å². The van der Waals surface area contributed by atoms with Crippen LogP contribution in [0.2, 0.25) is 0 Å². The van der Waals surface area contributed by atoms with Gasteiger partial charge in [0.1, 0.15) is 28.2 Å². The van der Waals surface area contributed by atoms with E-state index in [0.29, 0.717) is 46.1 Å². The van der Waals surface area contributed by atoms with E-state index in [9.17, 15) is 28.8 Å². The lowest BCUT2D eigenvalue weighted by Gasteiger charge is -2.29. The first kappa shape index (κ1) is 37.8. The van der Waals surface area contributed by atoms with Gasteiger partial charge in [0.2, 0.25) is 5.91 Å². The van der Waals surface area contributed by atoms with Crippen molar-refractivity contribution in [3.63, 3.8) is 0 Å². The fraction of sp³-hybridized carbons (Fsp3) is 0.256. The lowest BCUT2D eigenvalue weighted by atomic mass is 10.0. The van der Waals surface area contributed by atoms with Gasteiger partial charge in [-0.1, -0.05) is 49.4 Å². The van der Waals surface area contributed by atoms with Gasteiger partial charge in [0, 0.05) is 33.1 Å². The normalized spacial score (nSPS) is 13.3. The summed E-state index contributed by atoms with van der Waals surface area (Å²) >= 11 is 2.58. The van der Waals surface area contributed by atoms with Crippen molar-refractivity contribution in [3.05, 3.63) is 118 Å². The van der Waals surface area contributed by atoms with Gasteiger partial charge in [-0.3, -0.25) is 14.4 Å². The summed E-state index contributed by atoms with van der Waals surface area (Å²) in [5, 5.41) is 18.2. The predicted octanol–water partition coefficient (Wildman–Crippen LogP) is 7.97. The van der Waals surface area contributed by atoms with Gasteiger partial charge < -0.3 is 25.6 Å². The van der Waals surface area contributed by atoms with Gasteiger partial charge in [-0.25, -0.2) is 9.18 Å². The van der Waals surface area contributed by atoms with E-state index in [1.807, 2.05) is 6.92 Å². The molecule has 1 atom stereocenters. The Balaban J connectivity index is 1.28. The Bertz CT molecular complexity index is 2050. The summed E-state index contributed by atoms with van der Waals surface area (Å²) in [4.78, 5) is 55.8. The van der Waals surface area contributed by atoms with Crippen molar-refractivity contribution in [1.82, 2.24) is 10.2 Å². The molecule has 5 rings (SSSR count). The van der Waals surface area contributed by atoms with E-state index >= 15 is 0 Å². The lowest BCUT2D eigenvalue weighted by Crippen LogP contribution is -2.39. The maximum Gasteiger partial charge on any atom is 0.410 e. The third kappa shape index (κ3) is 9.65. The molecule has 2 heterocycles. The number of nitrogens with one attached hydrogen (secondary N) is 3. The standard InChI is InChI=1S/C39H38FN5O5S2/c1-5-32(36(48)44-37-29(22-41)28-18-19-45(23-33(28)52-37)38(49)50-39(2,3)4)51-27-16-11-15-26(21-27)42-35(47)31(20-25-14-9-10-17-30(25)40)43-34(46)24-12-7-6-8-13-24/h6-17,20-21,32H,5,18-19,23H2,1-4H3,(H,42,47)(H,43,46)(H,44,48)/b31-20-. The van der Waals surface area contributed by atoms with E-state index < -0.39 is 34.6 Å². The van der Waals surface area contributed by atoms with Gasteiger partial charge in [-0.05, 0) is 81.7 Å². The van der Waals surface area contributed by atoms with Crippen LogP contribution < -0.4 is 16.0 Å². The number of hydrogen-bond donors (Lipinski definition) is 3. The van der Waals surface area contributed by atoms with E-state index in [0.717, 1.165) is 10.4 Å². The van der Waals surface area contributed by atoms with Crippen LogP contribution in [0.1, 0.15) is 66.0 Å². The highest BCUT2D eigenvalue weighted by atomic mass is 32.2. The molecule has 268 valence electrons. The number of fused-ring (bicyclic) bond motifs is 1. The van der Waals surface area contributed by atoms with E-state index in [4.69, 9.17) is 4.74 Å². The predicted molar refractivity (Wildman–Crippen MR) is 201 cm³/mol. The molecule has 10 nitrogen and oxygen atoms in total. The molecule has 52 heavy (non-hydrogen) atoms. The van der Waals surface area contributed by atoms with E-state index in [2.05, 4.69) is 22.0 Å². The number of rotatable bonds is 10. The Morgan fingerprint density at radius 1 is 1.04 bits per heavy atom. The van der Waals surface area contributed by atoms with E-state index in [1.54, 1.807) is 86.3 Å². The molecule has 13 heteroatoms. The molecule has 1 aliphatic rings. The lowest BCUT2D eigenvalue weighted by molar-refractivity contribution is -0.116. The Morgan fingerprint density at radius 3 is 2.46 bits per heavy atom. The minimum absolute atomic E-state index is 0.119. The zero-order chi connectivity index (χ0) is 37.4. The SMILES string of the molecule is CCC(Sc1cccc(NC(=O)/C(=C/c2ccccc2F)NC(=O)c2ccccc2)c1)C(=O)Nc1sc2c(c1C#N)CCN(C(=O)OC(C)(C)C)C2. The molecule has 0 fully saturated rings. The second-order valence-corrected chi connectivity index (χ2v) is 15.2. The van der Waals surface area contributed by atoms with Crippen LogP contribution in [0, 0.1) is 17.1 Å². The molecule has 1 aromatic heterocycles. The number of ether oxygens (including phenoxy) is 1. The summed E-state index contributed by atoms with van der Waals surface area (Å²) in [7, 11) is 0. The van der Waals surface area contributed by atoms with Crippen LogP contribution in [0.25, 0.3) is 6.08 Å². The van der Waals surface area contributed by atoms with E-state index in [-0.39, 0.29) is 23.7 Å². The Kier molecular flexibility index (Phi) is 12.1. The average Bonchev–Trinajstić information content (AvgIpc) is 3.46. The monoisotopic (exact) mass is 739 g/mol. The number of benzene rings is 3. The second kappa shape index (κ2) is 16.7. The summed E-state index contributed by atoms with van der Waals surface area (Å²) in [6.07, 6.45) is 1.79. The summed E-state index contributed by atoms with van der Waals surface area (Å²) in [6.45, 7) is 7.98. The number of carbonyl (C=O) groups excluding carboxylic acids is 4.